The summed E-state index contributed by atoms with van der Waals surface area (Å²) in [7, 11) is 3.34. The van der Waals surface area contributed by atoms with Gasteiger partial charge in [-0.1, -0.05) is 56.9 Å². The van der Waals surface area contributed by atoms with Gasteiger partial charge in [0.2, 0.25) is 0 Å². The molecule has 0 spiro atoms. The Kier molecular flexibility index (Phi) is 5.36. The Morgan fingerprint density at radius 3 is 1.31 bits per heavy atom. The zero-order chi connectivity index (χ0) is 17.9. The van der Waals surface area contributed by atoms with Crippen LogP contribution in [0.2, 0.25) is 10.0 Å². The average Bonchev–Trinajstić information content (AvgIpc) is 3.34. The highest BCUT2D eigenvalue weighted by molar-refractivity contribution is 8.76. The minimum atomic E-state index is 0.725. The standard InChI is InChI=1S/C20H14Cl2N2S2/c21-15-7-5-9-17(19(15)23-11-1-2-12-23)25-26-18-10-6-8-16(22)20(18)24-13-3-4-14-24/h1-14H. The maximum atomic E-state index is 6.47. The van der Waals surface area contributed by atoms with E-state index in [2.05, 4.69) is 12.1 Å². The molecule has 0 radical (unpaired) electrons. The van der Waals surface area contributed by atoms with Gasteiger partial charge in [0.05, 0.1) is 21.4 Å². The molecule has 130 valence electrons. The first kappa shape index (κ1) is 17.7. The van der Waals surface area contributed by atoms with Crippen molar-refractivity contribution in [3.05, 3.63) is 95.5 Å². The summed E-state index contributed by atoms with van der Waals surface area (Å²) in [5.74, 6) is 0. The molecule has 2 heterocycles. The Morgan fingerprint density at radius 2 is 0.923 bits per heavy atom. The van der Waals surface area contributed by atoms with E-state index in [1.165, 1.54) is 0 Å². The van der Waals surface area contributed by atoms with Gasteiger partial charge < -0.3 is 9.13 Å². The predicted molar refractivity (Wildman–Crippen MR) is 113 cm³/mol. The van der Waals surface area contributed by atoms with Gasteiger partial charge in [0.1, 0.15) is 0 Å². The van der Waals surface area contributed by atoms with Crippen molar-refractivity contribution in [2.45, 2.75) is 9.79 Å². The molecule has 0 bridgehead atoms. The smallest absolute Gasteiger partial charge is 0.0783 e. The van der Waals surface area contributed by atoms with Crippen molar-refractivity contribution in [2.24, 2.45) is 0 Å². The second-order valence-electron chi connectivity index (χ2n) is 5.52. The highest BCUT2D eigenvalue weighted by Gasteiger charge is 2.13. The molecule has 0 saturated heterocycles. The van der Waals surface area contributed by atoms with Crippen molar-refractivity contribution >= 4 is 44.8 Å². The molecule has 4 aromatic rings. The average molecular weight is 417 g/mol. The minimum Gasteiger partial charge on any atom is -0.322 e. The van der Waals surface area contributed by atoms with E-state index in [1.54, 1.807) is 21.6 Å². The molecular formula is C20H14Cl2N2S2. The molecule has 4 rings (SSSR count). The minimum absolute atomic E-state index is 0.725. The van der Waals surface area contributed by atoms with Gasteiger partial charge in [-0.15, -0.1) is 0 Å². The summed E-state index contributed by atoms with van der Waals surface area (Å²) in [5.41, 5.74) is 1.97. The summed E-state index contributed by atoms with van der Waals surface area (Å²) in [6.07, 6.45) is 8.00. The van der Waals surface area contributed by atoms with E-state index in [0.717, 1.165) is 31.2 Å². The lowest BCUT2D eigenvalue weighted by atomic mass is 10.3. The first-order chi connectivity index (χ1) is 12.7. The number of para-hydroxylation sites is 2. The van der Waals surface area contributed by atoms with Crippen molar-refractivity contribution in [3.8, 4) is 11.4 Å². The third-order valence-electron chi connectivity index (χ3n) is 3.85. The number of hydrogen-bond acceptors (Lipinski definition) is 2. The Labute approximate surface area is 170 Å². The molecule has 0 aliphatic heterocycles. The summed E-state index contributed by atoms with van der Waals surface area (Å²) >= 11 is 12.9. The number of halogens is 2. The largest absolute Gasteiger partial charge is 0.322 e. The highest BCUT2D eigenvalue weighted by atomic mass is 35.5. The zero-order valence-corrected chi connectivity index (χ0v) is 16.7. The highest BCUT2D eigenvalue weighted by Crippen LogP contribution is 2.45. The van der Waals surface area contributed by atoms with E-state index in [0.29, 0.717) is 0 Å². The third kappa shape index (κ3) is 3.55. The fraction of sp³-hybridized carbons (Fsp3) is 0. The van der Waals surface area contributed by atoms with Crippen LogP contribution < -0.4 is 0 Å². The van der Waals surface area contributed by atoms with Crippen LogP contribution in [0, 0.1) is 0 Å². The summed E-state index contributed by atoms with van der Waals surface area (Å²) < 4.78 is 4.08. The maximum Gasteiger partial charge on any atom is 0.0783 e. The van der Waals surface area contributed by atoms with Crippen molar-refractivity contribution in [1.29, 1.82) is 0 Å². The van der Waals surface area contributed by atoms with Crippen molar-refractivity contribution in [3.63, 3.8) is 0 Å². The molecule has 0 N–H and O–H groups in total. The van der Waals surface area contributed by atoms with Gasteiger partial charge >= 0.3 is 0 Å². The van der Waals surface area contributed by atoms with E-state index in [4.69, 9.17) is 23.2 Å². The number of aromatic nitrogens is 2. The SMILES string of the molecule is Clc1cccc(SSc2cccc(Cl)c2-n2cccc2)c1-n1cccc1. The topological polar surface area (TPSA) is 9.86 Å². The Hall–Kier alpha value is -1.72. The van der Waals surface area contributed by atoms with Crippen LogP contribution in [0.4, 0.5) is 0 Å². The molecule has 0 atom stereocenters. The normalized spacial score (nSPS) is 11.0. The first-order valence-corrected chi connectivity index (χ1v) is 10.8. The molecule has 6 heteroatoms. The monoisotopic (exact) mass is 416 g/mol. The Bertz CT molecular complexity index is 929. The Balaban J connectivity index is 1.68. The van der Waals surface area contributed by atoms with Crippen LogP contribution >= 0.6 is 44.8 Å². The molecule has 0 unspecified atom stereocenters. The van der Waals surface area contributed by atoms with Gasteiger partial charge in [-0.05, 0) is 48.5 Å². The van der Waals surface area contributed by atoms with Gasteiger partial charge in [-0.3, -0.25) is 0 Å². The van der Waals surface area contributed by atoms with Crippen molar-refractivity contribution < 1.29 is 0 Å². The molecule has 0 aliphatic rings. The van der Waals surface area contributed by atoms with E-state index < -0.39 is 0 Å². The van der Waals surface area contributed by atoms with Crippen LogP contribution in [0.3, 0.4) is 0 Å². The van der Waals surface area contributed by atoms with Crippen molar-refractivity contribution in [2.75, 3.05) is 0 Å². The lowest BCUT2D eigenvalue weighted by molar-refractivity contribution is 1.04. The summed E-state index contributed by atoms with van der Waals surface area (Å²) in [6, 6.07) is 19.9. The lowest BCUT2D eigenvalue weighted by Gasteiger charge is -2.14. The van der Waals surface area contributed by atoms with Crippen LogP contribution in [-0.4, -0.2) is 9.13 Å². The molecule has 0 amide bonds. The molecule has 0 fully saturated rings. The molecule has 2 aromatic heterocycles. The van der Waals surface area contributed by atoms with Gasteiger partial charge in [-0.25, -0.2) is 0 Å². The quantitative estimate of drug-likeness (QED) is 0.314. The van der Waals surface area contributed by atoms with Crippen LogP contribution in [0.25, 0.3) is 11.4 Å². The van der Waals surface area contributed by atoms with Gasteiger partial charge in [0.25, 0.3) is 0 Å². The molecule has 0 aliphatic carbocycles. The zero-order valence-electron chi connectivity index (χ0n) is 13.5. The van der Waals surface area contributed by atoms with Crippen LogP contribution in [-0.2, 0) is 0 Å². The summed E-state index contributed by atoms with van der Waals surface area (Å²) in [4.78, 5) is 2.19. The van der Waals surface area contributed by atoms with Gasteiger partial charge in [0.15, 0.2) is 0 Å². The van der Waals surface area contributed by atoms with Crippen LogP contribution in [0.15, 0.2) is 95.2 Å². The fourth-order valence-corrected chi connectivity index (χ4v) is 5.72. The summed E-state index contributed by atoms with van der Waals surface area (Å²) in [5, 5.41) is 1.45. The molecular weight excluding hydrogens is 403 g/mol. The first-order valence-electron chi connectivity index (χ1n) is 7.92. The lowest BCUT2D eigenvalue weighted by Crippen LogP contribution is -1.94. The molecule has 2 aromatic carbocycles. The van der Waals surface area contributed by atoms with E-state index in [9.17, 15) is 0 Å². The third-order valence-corrected chi connectivity index (χ3v) is 6.88. The van der Waals surface area contributed by atoms with Crippen LogP contribution in [0.5, 0.6) is 0 Å². The number of rotatable bonds is 5. The van der Waals surface area contributed by atoms with Crippen molar-refractivity contribution in [1.82, 2.24) is 9.13 Å². The predicted octanol–water partition coefficient (Wildman–Crippen LogP) is 7.37. The Morgan fingerprint density at radius 1 is 0.538 bits per heavy atom. The molecule has 2 nitrogen and oxygen atoms in total. The maximum absolute atomic E-state index is 6.47. The second kappa shape index (κ2) is 7.89. The van der Waals surface area contributed by atoms with E-state index in [-0.39, 0.29) is 0 Å². The number of benzene rings is 2. The fourth-order valence-electron chi connectivity index (χ4n) is 2.68. The van der Waals surface area contributed by atoms with Gasteiger partial charge in [0, 0.05) is 34.6 Å². The summed E-state index contributed by atoms with van der Waals surface area (Å²) in [6.45, 7) is 0. The van der Waals surface area contributed by atoms with E-state index in [1.807, 2.05) is 82.5 Å². The number of hydrogen-bond donors (Lipinski definition) is 0. The molecule has 0 saturated carbocycles. The molecule has 26 heavy (non-hydrogen) atoms. The second-order valence-corrected chi connectivity index (χ2v) is 8.55. The van der Waals surface area contributed by atoms with Gasteiger partial charge in [-0.2, -0.15) is 0 Å². The number of nitrogens with zero attached hydrogens (tertiary/aromatic N) is 2. The van der Waals surface area contributed by atoms with Crippen LogP contribution in [0.1, 0.15) is 0 Å². The van der Waals surface area contributed by atoms with E-state index >= 15 is 0 Å².